The van der Waals surface area contributed by atoms with Crippen LogP contribution >= 0.6 is 11.8 Å². The molecule has 0 unspecified atom stereocenters. The molecule has 3 aromatic heterocycles. The van der Waals surface area contributed by atoms with Crippen LogP contribution in [0.15, 0.2) is 65.9 Å². The summed E-state index contributed by atoms with van der Waals surface area (Å²) in [6.07, 6.45) is 1.51. The summed E-state index contributed by atoms with van der Waals surface area (Å²) >= 11 is 1.11. The van der Waals surface area contributed by atoms with E-state index in [0.29, 0.717) is 17.0 Å². The Labute approximate surface area is 156 Å². The van der Waals surface area contributed by atoms with Gasteiger partial charge in [-0.1, -0.05) is 11.8 Å². The largest absolute Gasteiger partial charge is 0.459 e. The van der Waals surface area contributed by atoms with Crippen molar-refractivity contribution in [3.63, 3.8) is 0 Å². The fourth-order valence-corrected chi connectivity index (χ4v) is 3.06. The molecule has 0 aliphatic carbocycles. The van der Waals surface area contributed by atoms with E-state index >= 15 is 0 Å². The number of hydrogen-bond acceptors (Lipinski definition) is 8. The van der Waals surface area contributed by atoms with Crippen LogP contribution in [0.4, 0.5) is 5.69 Å². The van der Waals surface area contributed by atoms with Crippen LogP contribution in [0, 0.1) is 6.92 Å². The van der Waals surface area contributed by atoms with E-state index in [9.17, 15) is 9.59 Å². The summed E-state index contributed by atoms with van der Waals surface area (Å²) in [4.78, 5) is 23.7. The lowest BCUT2D eigenvalue weighted by Crippen LogP contribution is -2.14. The molecule has 1 N–H and O–H groups in total. The summed E-state index contributed by atoms with van der Waals surface area (Å²) in [5, 5.41) is 11.6. The van der Waals surface area contributed by atoms with Gasteiger partial charge in [-0.05, 0) is 36.8 Å². The van der Waals surface area contributed by atoms with Crippen LogP contribution in [0.25, 0.3) is 22.6 Å². The van der Waals surface area contributed by atoms with E-state index in [1.807, 2.05) is 6.92 Å². The van der Waals surface area contributed by atoms with Gasteiger partial charge < -0.3 is 18.6 Å². The first-order valence-corrected chi connectivity index (χ1v) is 8.91. The second-order valence-electron chi connectivity index (χ2n) is 5.65. The molecule has 136 valence electrons. The molecule has 0 aliphatic heterocycles. The number of hydrogen-bond donors (Lipinski definition) is 1. The van der Waals surface area contributed by atoms with Crippen LogP contribution in [0.5, 0.6) is 0 Å². The fourth-order valence-electron chi connectivity index (χ4n) is 2.49. The maximum Gasteiger partial charge on any atom is 0.336 e. The van der Waals surface area contributed by atoms with Crippen molar-refractivity contribution in [3.8, 4) is 11.7 Å². The highest BCUT2D eigenvalue weighted by molar-refractivity contribution is 7.99. The zero-order valence-electron chi connectivity index (χ0n) is 14.1. The molecular weight excluding hydrogens is 370 g/mol. The number of benzene rings is 1. The predicted molar refractivity (Wildman–Crippen MR) is 98.6 cm³/mol. The van der Waals surface area contributed by atoms with Gasteiger partial charge in [0.2, 0.25) is 5.91 Å². The molecule has 0 saturated heterocycles. The summed E-state index contributed by atoms with van der Waals surface area (Å²) in [7, 11) is 0. The van der Waals surface area contributed by atoms with Gasteiger partial charge in [0.15, 0.2) is 5.76 Å². The number of aryl methyl sites for hydroxylation is 1. The summed E-state index contributed by atoms with van der Waals surface area (Å²) in [5.74, 6) is 0.539. The Morgan fingerprint density at radius 2 is 2.07 bits per heavy atom. The van der Waals surface area contributed by atoms with E-state index in [0.717, 1.165) is 22.7 Å². The van der Waals surface area contributed by atoms with Crippen molar-refractivity contribution in [2.24, 2.45) is 0 Å². The van der Waals surface area contributed by atoms with Crippen molar-refractivity contribution < 1.29 is 18.0 Å². The van der Waals surface area contributed by atoms with Crippen molar-refractivity contribution in [1.29, 1.82) is 0 Å². The van der Waals surface area contributed by atoms with Crippen LogP contribution < -0.4 is 10.9 Å². The highest BCUT2D eigenvalue weighted by Gasteiger charge is 2.13. The lowest BCUT2D eigenvalue weighted by Gasteiger charge is -2.06. The molecule has 8 nitrogen and oxygen atoms in total. The van der Waals surface area contributed by atoms with E-state index in [1.54, 1.807) is 30.3 Å². The average molecular weight is 383 g/mol. The Kier molecular flexibility index (Phi) is 4.51. The predicted octanol–water partition coefficient (Wildman–Crippen LogP) is 3.48. The van der Waals surface area contributed by atoms with Gasteiger partial charge in [0, 0.05) is 23.2 Å². The molecule has 1 amide bonds. The molecule has 4 rings (SSSR count). The van der Waals surface area contributed by atoms with E-state index in [4.69, 9.17) is 13.3 Å². The molecule has 27 heavy (non-hydrogen) atoms. The second-order valence-corrected chi connectivity index (χ2v) is 6.57. The molecule has 1 aromatic carbocycles. The van der Waals surface area contributed by atoms with Gasteiger partial charge in [-0.25, -0.2) is 4.79 Å². The van der Waals surface area contributed by atoms with E-state index in [1.165, 1.54) is 12.3 Å². The number of fused-ring (bicyclic) bond motifs is 1. The first kappa shape index (κ1) is 17.1. The number of anilines is 1. The van der Waals surface area contributed by atoms with Gasteiger partial charge in [0.1, 0.15) is 5.58 Å². The van der Waals surface area contributed by atoms with Crippen LogP contribution in [-0.4, -0.2) is 21.9 Å². The Bertz CT molecular complexity index is 1160. The maximum atomic E-state index is 12.2. The molecule has 0 radical (unpaired) electrons. The Hall–Kier alpha value is -3.33. The first-order valence-electron chi connectivity index (χ1n) is 7.93. The van der Waals surface area contributed by atoms with Gasteiger partial charge >= 0.3 is 5.63 Å². The van der Waals surface area contributed by atoms with Crippen LogP contribution in [0.3, 0.4) is 0 Å². The third-order valence-corrected chi connectivity index (χ3v) is 4.52. The molecule has 0 spiro atoms. The summed E-state index contributed by atoms with van der Waals surface area (Å²) < 4.78 is 15.8. The number of furan rings is 1. The monoisotopic (exact) mass is 383 g/mol. The normalized spacial score (nSPS) is 11.0. The van der Waals surface area contributed by atoms with Gasteiger partial charge in [0.25, 0.3) is 11.1 Å². The van der Waals surface area contributed by atoms with E-state index < -0.39 is 5.63 Å². The number of carbonyl (C=O) groups is 1. The minimum absolute atomic E-state index is 0.0790. The molecule has 0 atom stereocenters. The topological polar surface area (TPSA) is 111 Å². The SMILES string of the molecule is Cc1cc(=O)oc2cc(NC(=O)CSc3nnc(-c4ccco4)o3)ccc12. The number of rotatable bonds is 5. The number of thioether (sulfide) groups is 1. The number of aromatic nitrogens is 2. The Balaban J connectivity index is 1.41. The minimum Gasteiger partial charge on any atom is -0.459 e. The average Bonchev–Trinajstić information content (AvgIpc) is 3.31. The molecule has 0 bridgehead atoms. The molecule has 0 fully saturated rings. The molecular formula is C18H13N3O5S. The van der Waals surface area contributed by atoms with Gasteiger partial charge in [0.05, 0.1) is 12.0 Å². The quantitative estimate of drug-likeness (QED) is 0.412. The summed E-state index contributed by atoms with van der Waals surface area (Å²) in [6, 6.07) is 10.0. The summed E-state index contributed by atoms with van der Waals surface area (Å²) in [6.45, 7) is 1.83. The van der Waals surface area contributed by atoms with Crippen molar-refractivity contribution in [3.05, 3.63) is 58.6 Å². The number of carbonyl (C=O) groups excluding carboxylic acids is 1. The van der Waals surface area contributed by atoms with Gasteiger partial charge in [-0.3, -0.25) is 4.79 Å². The Morgan fingerprint density at radius 1 is 1.19 bits per heavy atom. The molecule has 3 heterocycles. The van der Waals surface area contributed by atoms with Crippen LogP contribution in [-0.2, 0) is 4.79 Å². The fraction of sp³-hybridized carbons (Fsp3) is 0.111. The summed E-state index contributed by atoms with van der Waals surface area (Å²) in [5.41, 5.74) is 1.34. The number of nitrogens with one attached hydrogen (secondary N) is 1. The van der Waals surface area contributed by atoms with E-state index in [-0.39, 0.29) is 22.8 Å². The first-order chi connectivity index (χ1) is 13.1. The molecule has 4 aromatic rings. The zero-order valence-corrected chi connectivity index (χ0v) is 14.9. The third kappa shape index (κ3) is 3.77. The minimum atomic E-state index is -0.428. The van der Waals surface area contributed by atoms with Gasteiger partial charge in [-0.15, -0.1) is 10.2 Å². The molecule has 0 saturated carbocycles. The second kappa shape index (κ2) is 7.12. The van der Waals surface area contributed by atoms with Crippen LogP contribution in [0.2, 0.25) is 0 Å². The highest BCUT2D eigenvalue weighted by atomic mass is 32.2. The maximum absolute atomic E-state index is 12.2. The number of nitrogens with zero attached hydrogens (tertiary/aromatic N) is 2. The van der Waals surface area contributed by atoms with Gasteiger partial charge in [-0.2, -0.15) is 0 Å². The van der Waals surface area contributed by atoms with Crippen molar-refractivity contribution in [2.75, 3.05) is 11.1 Å². The van der Waals surface area contributed by atoms with Crippen molar-refractivity contribution in [1.82, 2.24) is 10.2 Å². The lowest BCUT2D eigenvalue weighted by molar-refractivity contribution is -0.113. The Morgan fingerprint density at radius 3 is 2.89 bits per heavy atom. The van der Waals surface area contributed by atoms with Crippen molar-refractivity contribution >= 4 is 34.3 Å². The zero-order chi connectivity index (χ0) is 18.8. The lowest BCUT2D eigenvalue weighted by atomic mass is 10.1. The van der Waals surface area contributed by atoms with Crippen molar-refractivity contribution in [2.45, 2.75) is 12.1 Å². The third-order valence-electron chi connectivity index (χ3n) is 3.70. The molecule has 9 heteroatoms. The highest BCUT2D eigenvalue weighted by Crippen LogP contribution is 2.24. The number of amides is 1. The smallest absolute Gasteiger partial charge is 0.336 e. The molecule has 0 aliphatic rings. The van der Waals surface area contributed by atoms with E-state index in [2.05, 4.69) is 15.5 Å². The van der Waals surface area contributed by atoms with Crippen LogP contribution in [0.1, 0.15) is 5.56 Å². The standard InChI is InChI=1S/C18H13N3O5S/c1-10-7-16(23)25-14-8-11(4-5-12(10)14)19-15(22)9-27-18-21-20-17(26-18)13-3-2-6-24-13/h2-8H,9H2,1H3,(H,19,22).